The molecule has 0 fully saturated rings. The number of hydrogen-bond donors (Lipinski definition) is 3. The van der Waals surface area contributed by atoms with Gasteiger partial charge in [-0.3, -0.25) is 5.32 Å². The Kier molecular flexibility index (Phi) is 6.83. The number of nitrogens with zero attached hydrogens (tertiary/aromatic N) is 2. The normalized spacial score (nSPS) is 12.3. The summed E-state index contributed by atoms with van der Waals surface area (Å²) in [6.45, 7) is 0. The molecule has 0 aliphatic heterocycles. The summed E-state index contributed by atoms with van der Waals surface area (Å²) in [6, 6.07) is 6.01. The van der Waals surface area contributed by atoms with Crippen molar-refractivity contribution >= 4 is 66.4 Å². The molecule has 4 aromatic rings. The number of benzene rings is 2. The molecule has 2 heterocycles. The standard InChI is InChI=1S/C21H15ClFN5O3S3/c1-2-18-27-17(8-32-18)28-21(29)26-16(9-34(24,30)31)11-3-4-12(14(22)7-11)13-5-6-15(23)19-20(13)33-10-25-19/h1,3-8,10,16H,9H2,(H2,24,30,31)(H2,26,28,29). The van der Waals surface area contributed by atoms with Crippen LogP contribution in [0.25, 0.3) is 21.3 Å². The van der Waals surface area contributed by atoms with E-state index < -0.39 is 33.7 Å². The number of rotatable bonds is 6. The summed E-state index contributed by atoms with van der Waals surface area (Å²) in [5.74, 6) is 1.57. The maximum Gasteiger partial charge on any atom is 0.320 e. The highest BCUT2D eigenvalue weighted by Gasteiger charge is 2.22. The predicted molar refractivity (Wildman–Crippen MR) is 133 cm³/mol. The van der Waals surface area contributed by atoms with Crippen molar-refractivity contribution in [2.75, 3.05) is 11.1 Å². The molecule has 0 aliphatic carbocycles. The van der Waals surface area contributed by atoms with Gasteiger partial charge in [-0.2, -0.15) is 0 Å². The van der Waals surface area contributed by atoms with Crippen LogP contribution in [0.2, 0.25) is 5.02 Å². The highest BCUT2D eigenvalue weighted by atomic mass is 35.5. The second-order valence-corrected chi connectivity index (χ2v) is 10.8. The van der Waals surface area contributed by atoms with E-state index in [9.17, 15) is 17.6 Å². The van der Waals surface area contributed by atoms with Crippen LogP contribution in [0.5, 0.6) is 0 Å². The van der Waals surface area contributed by atoms with Crippen LogP contribution < -0.4 is 15.8 Å². The average molecular weight is 536 g/mol. The number of nitrogens with two attached hydrogens (primary N) is 1. The Morgan fingerprint density at radius 3 is 2.71 bits per heavy atom. The number of amides is 2. The van der Waals surface area contributed by atoms with Gasteiger partial charge in [-0.15, -0.1) is 29.1 Å². The van der Waals surface area contributed by atoms with Crippen LogP contribution in [0.15, 0.2) is 41.2 Å². The van der Waals surface area contributed by atoms with E-state index in [1.807, 2.05) is 0 Å². The third kappa shape index (κ3) is 5.35. The molecule has 4 rings (SSSR count). The number of carbonyl (C=O) groups is 1. The van der Waals surface area contributed by atoms with Crippen molar-refractivity contribution in [2.24, 2.45) is 5.14 Å². The second kappa shape index (κ2) is 9.65. The SMILES string of the molecule is C#Cc1nc(NC(=O)NC(CS(N)(=O)=O)c2ccc(-c3ccc(F)c4ncsc34)c(Cl)c2)cs1. The largest absolute Gasteiger partial charge is 0.330 e. The summed E-state index contributed by atoms with van der Waals surface area (Å²) < 4.78 is 38.3. The molecule has 174 valence electrons. The van der Waals surface area contributed by atoms with E-state index in [2.05, 4.69) is 26.5 Å². The van der Waals surface area contributed by atoms with Gasteiger partial charge >= 0.3 is 6.03 Å². The highest BCUT2D eigenvalue weighted by Crippen LogP contribution is 2.37. The maximum atomic E-state index is 14.0. The first-order valence-corrected chi connectivity index (χ1v) is 13.3. The summed E-state index contributed by atoms with van der Waals surface area (Å²) in [7, 11) is -3.96. The van der Waals surface area contributed by atoms with Crippen molar-refractivity contribution in [1.82, 2.24) is 15.3 Å². The number of carbonyl (C=O) groups excluding carboxylic acids is 1. The van der Waals surface area contributed by atoms with Crippen LogP contribution >= 0.6 is 34.3 Å². The highest BCUT2D eigenvalue weighted by molar-refractivity contribution is 7.89. The Balaban J connectivity index is 1.63. The monoisotopic (exact) mass is 535 g/mol. The molecule has 8 nitrogen and oxygen atoms in total. The molecule has 2 aromatic heterocycles. The first-order chi connectivity index (χ1) is 16.1. The summed E-state index contributed by atoms with van der Waals surface area (Å²) in [5.41, 5.74) is 3.46. The lowest BCUT2D eigenvalue weighted by Crippen LogP contribution is -2.37. The number of nitrogens with one attached hydrogen (secondary N) is 2. The minimum atomic E-state index is -3.96. The molecule has 2 aromatic carbocycles. The summed E-state index contributed by atoms with van der Waals surface area (Å²) in [5, 5.41) is 12.5. The number of sulfonamides is 1. The van der Waals surface area contributed by atoms with Gasteiger partial charge in [-0.1, -0.05) is 23.7 Å². The van der Waals surface area contributed by atoms with Crippen LogP contribution in [0.4, 0.5) is 15.0 Å². The molecule has 0 saturated heterocycles. The first-order valence-electron chi connectivity index (χ1n) is 9.46. The molecule has 4 N–H and O–H groups in total. The molecule has 0 bridgehead atoms. The molecule has 1 atom stereocenters. The van der Waals surface area contributed by atoms with E-state index in [4.69, 9.17) is 23.2 Å². The average Bonchev–Trinajstić information content (AvgIpc) is 3.43. The molecule has 1 unspecified atom stereocenters. The van der Waals surface area contributed by atoms with Gasteiger partial charge in [-0.25, -0.2) is 32.7 Å². The number of primary sulfonamides is 1. The zero-order valence-electron chi connectivity index (χ0n) is 17.1. The minimum absolute atomic E-state index is 0.225. The van der Waals surface area contributed by atoms with Crippen molar-refractivity contribution in [3.63, 3.8) is 0 Å². The van der Waals surface area contributed by atoms with Crippen LogP contribution in [0, 0.1) is 18.2 Å². The number of terminal acetylenes is 1. The van der Waals surface area contributed by atoms with Gasteiger partial charge < -0.3 is 5.32 Å². The molecule has 0 radical (unpaired) electrons. The Hall–Kier alpha value is -3.08. The number of halogens is 2. The lowest BCUT2D eigenvalue weighted by molar-refractivity contribution is 0.249. The van der Waals surface area contributed by atoms with Gasteiger partial charge in [0.1, 0.15) is 17.2 Å². The van der Waals surface area contributed by atoms with Crippen molar-refractivity contribution < 1.29 is 17.6 Å². The third-order valence-corrected chi connectivity index (χ3v) is 7.44. The van der Waals surface area contributed by atoms with Crippen LogP contribution in [-0.2, 0) is 10.0 Å². The van der Waals surface area contributed by atoms with Gasteiger partial charge in [0.2, 0.25) is 10.0 Å². The fourth-order valence-corrected chi connectivity index (χ4v) is 5.67. The number of aromatic nitrogens is 2. The van der Waals surface area contributed by atoms with Crippen molar-refractivity contribution in [3.8, 4) is 23.5 Å². The molecular weight excluding hydrogens is 521 g/mol. The Labute approximate surface area is 207 Å². The van der Waals surface area contributed by atoms with Crippen molar-refractivity contribution in [3.05, 3.63) is 62.6 Å². The quantitative estimate of drug-likeness (QED) is 0.316. The Bertz CT molecular complexity index is 1540. The molecule has 0 spiro atoms. The fourth-order valence-electron chi connectivity index (χ4n) is 3.26. The van der Waals surface area contributed by atoms with Crippen LogP contribution in [0.3, 0.4) is 0 Å². The number of hydrogen-bond acceptors (Lipinski definition) is 7. The summed E-state index contributed by atoms with van der Waals surface area (Å²) in [4.78, 5) is 20.6. The van der Waals surface area contributed by atoms with Gasteiger partial charge in [0, 0.05) is 21.5 Å². The molecule has 34 heavy (non-hydrogen) atoms. The molecule has 0 aliphatic rings. The number of anilines is 1. The molecule has 0 saturated carbocycles. The van der Waals surface area contributed by atoms with Crippen LogP contribution in [-0.4, -0.2) is 30.2 Å². The summed E-state index contributed by atoms with van der Waals surface area (Å²) in [6.07, 6.45) is 5.28. The van der Waals surface area contributed by atoms with E-state index in [0.717, 1.165) is 0 Å². The number of fused-ring (bicyclic) bond motifs is 1. The predicted octanol–water partition coefficient (Wildman–Crippen LogP) is 4.34. The number of urea groups is 1. The fraction of sp³-hybridized carbons (Fsp3) is 0.0952. The third-order valence-electron chi connectivity index (χ3n) is 4.69. The molecule has 13 heteroatoms. The van der Waals surface area contributed by atoms with E-state index in [1.165, 1.54) is 34.8 Å². The summed E-state index contributed by atoms with van der Waals surface area (Å²) >= 11 is 8.97. The van der Waals surface area contributed by atoms with Gasteiger partial charge in [0.15, 0.2) is 5.01 Å². The topological polar surface area (TPSA) is 127 Å². The Morgan fingerprint density at radius 2 is 2.03 bits per heavy atom. The van der Waals surface area contributed by atoms with E-state index in [-0.39, 0.29) is 16.4 Å². The van der Waals surface area contributed by atoms with Crippen molar-refractivity contribution in [1.29, 1.82) is 0 Å². The first kappa shape index (κ1) is 24.1. The van der Waals surface area contributed by atoms with Crippen LogP contribution in [0.1, 0.15) is 16.6 Å². The minimum Gasteiger partial charge on any atom is -0.330 e. The molecular formula is C21H15ClFN5O3S3. The second-order valence-electron chi connectivity index (χ2n) is 7.03. The zero-order valence-corrected chi connectivity index (χ0v) is 20.3. The van der Waals surface area contributed by atoms with Gasteiger partial charge in [-0.05, 0) is 29.7 Å². The van der Waals surface area contributed by atoms with Crippen molar-refractivity contribution in [2.45, 2.75) is 6.04 Å². The Morgan fingerprint density at radius 1 is 1.26 bits per heavy atom. The lowest BCUT2D eigenvalue weighted by atomic mass is 10.0. The smallest absolute Gasteiger partial charge is 0.320 e. The number of thiazole rings is 2. The molecule has 2 amide bonds. The lowest BCUT2D eigenvalue weighted by Gasteiger charge is -2.19. The van der Waals surface area contributed by atoms with E-state index in [0.29, 0.717) is 26.4 Å². The maximum absolute atomic E-state index is 14.0. The zero-order chi connectivity index (χ0) is 24.5. The van der Waals surface area contributed by atoms with E-state index >= 15 is 0 Å². The van der Waals surface area contributed by atoms with Gasteiger partial charge in [0.25, 0.3) is 0 Å². The van der Waals surface area contributed by atoms with E-state index in [1.54, 1.807) is 29.1 Å². The van der Waals surface area contributed by atoms with Gasteiger partial charge in [0.05, 0.1) is 22.0 Å².